The molecule has 1 aliphatic rings. The molecule has 0 bridgehead atoms. The lowest BCUT2D eigenvalue weighted by atomic mass is 10.1. The Morgan fingerprint density at radius 1 is 0.900 bits per heavy atom. The van der Waals surface area contributed by atoms with Crippen LogP contribution >= 0.6 is 0 Å². The summed E-state index contributed by atoms with van der Waals surface area (Å²) in [5.41, 5.74) is 0. The van der Waals surface area contributed by atoms with Crippen LogP contribution in [0.15, 0.2) is 0 Å². The molecule has 0 aromatic heterocycles. The van der Waals surface area contributed by atoms with E-state index >= 15 is 0 Å². The van der Waals surface area contributed by atoms with E-state index in [2.05, 4.69) is 22.0 Å². The molecule has 4 heteroatoms. The average molecular weight is 283 g/mol. The van der Waals surface area contributed by atoms with Crippen molar-refractivity contribution in [3.8, 4) is 0 Å². The highest BCUT2D eigenvalue weighted by atomic mass is 16.1. The zero-order chi connectivity index (χ0) is 14.6. The lowest BCUT2D eigenvalue weighted by Gasteiger charge is -2.34. The van der Waals surface area contributed by atoms with Gasteiger partial charge >= 0.3 is 0 Å². The minimum Gasteiger partial charge on any atom is -0.355 e. The second-order valence-corrected chi connectivity index (χ2v) is 5.80. The van der Waals surface area contributed by atoms with Crippen LogP contribution in [0.5, 0.6) is 0 Å². The fourth-order valence-electron chi connectivity index (χ4n) is 2.65. The zero-order valence-electron chi connectivity index (χ0n) is 13.5. The van der Waals surface area contributed by atoms with E-state index in [-0.39, 0.29) is 5.91 Å². The van der Waals surface area contributed by atoms with Gasteiger partial charge in [-0.25, -0.2) is 0 Å². The van der Waals surface area contributed by atoms with E-state index in [1.54, 1.807) is 0 Å². The van der Waals surface area contributed by atoms with E-state index < -0.39 is 0 Å². The largest absolute Gasteiger partial charge is 0.355 e. The number of piperazine rings is 1. The van der Waals surface area contributed by atoms with Crippen molar-refractivity contribution in [1.29, 1.82) is 0 Å². The number of hydrogen-bond acceptors (Lipinski definition) is 3. The first kappa shape index (κ1) is 17.4. The maximum absolute atomic E-state index is 11.2. The van der Waals surface area contributed by atoms with Gasteiger partial charge in [0.05, 0.1) is 0 Å². The number of hydrogen-bond donors (Lipinski definition) is 1. The summed E-state index contributed by atoms with van der Waals surface area (Å²) < 4.78 is 0. The molecule has 0 aromatic carbocycles. The first-order valence-electron chi connectivity index (χ1n) is 8.47. The summed E-state index contributed by atoms with van der Waals surface area (Å²) in [7, 11) is 0. The zero-order valence-corrected chi connectivity index (χ0v) is 13.5. The maximum atomic E-state index is 11.2. The summed E-state index contributed by atoms with van der Waals surface area (Å²) in [5.74, 6) is 0.163. The highest BCUT2D eigenvalue weighted by Crippen LogP contribution is 2.06. The Morgan fingerprint density at radius 3 is 2.10 bits per heavy atom. The third-order valence-corrected chi connectivity index (χ3v) is 4.11. The van der Waals surface area contributed by atoms with Crippen LogP contribution in [-0.2, 0) is 4.79 Å². The summed E-state index contributed by atoms with van der Waals surface area (Å²) in [6.07, 6.45) is 7.44. The third kappa shape index (κ3) is 7.85. The van der Waals surface area contributed by atoms with Crippen LogP contribution in [0.25, 0.3) is 0 Å². The van der Waals surface area contributed by atoms with Crippen molar-refractivity contribution < 1.29 is 4.79 Å². The van der Waals surface area contributed by atoms with Crippen LogP contribution in [0.1, 0.15) is 52.4 Å². The van der Waals surface area contributed by atoms with Crippen molar-refractivity contribution in [2.75, 3.05) is 45.8 Å². The molecule has 118 valence electrons. The summed E-state index contributed by atoms with van der Waals surface area (Å²) in [4.78, 5) is 16.2. The summed E-state index contributed by atoms with van der Waals surface area (Å²) in [6.45, 7) is 11.9. The Hall–Kier alpha value is -0.610. The molecule has 4 nitrogen and oxygen atoms in total. The molecule has 0 unspecified atom stereocenters. The molecule has 0 aromatic rings. The standard InChI is InChI=1S/C16H33N3O/c1-3-5-6-7-8-10-18-12-14-19(15-13-18)11-9-17-16(20)4-2/h3-15H2,1-2H3,(H,17,20). The number of rotatable bonds is 10. The van der Waals surface area contributed by atoms with Crippen molar-refractivity contribution in [2.24, 2.45) is 0 Å². The predicted molar refractivity (Wildman–Crippen MR) is 84.9 cm³/mol. The first-order valence-corrected chi connectivity index (χ1v) is 8.47. The van der Waals surface area contributed by atoms with E-state index in [1.807, 2.05) is 6.92 Å². The molecule has 1 amide bonds. The van der Waals surface area contributed by atoms with E-state index in [1.165, 1.54) is 51.7 Å². The lowest BCUT2D eigenvalue weighted by molar-refractivity contribution is -0.120. The minimum absolute atomic E-state index is 0.163. The number of nitrogens with zero attached hydrogens (tertiary/aromatic N) is 2. The first-order chi connectivity index (χ1) is 9.76. The number of nitrogens with one attached hydrogen (secondary N) is 1. The number of amides is 1. The number of unbranched alkanes of at least 4 members (excludes halogenated alkanes) is 4. The number of carbonyl (C=O) groups excluding carboxylic acids is 1. The highest BCUT2D eigenvalue weighted by molar-refractivity contribution is 5.75. The van der Waals surface area contributed by atoms with E-state index in [4.69, 9.17) is 0 Å². The molecule has 0 spiro atoms. The predicted octanol–water partition coefficient (Wildman–Crippen LogP) is 2.10. The molecule has 0 aliphatic carbocycles. The second kappa shape index (κ2) is 11.1. The molecular formula is C16H33N3O. The Labute approximate surface area is 124 Å². The molecule has 1 N–H and O–H groups in total. The van der Waals surface area contributed by atoms with Crippen molar-refractivity contribution >= 4 is 5.91 Å². The smallest absolute Gasteiger partial charge is 0.219 e. The summed E-state index contributed by atoms with van der Waals surface area (Å²) in [5, 5.41) is 2.95. The SMILES string of the molecule is CCCCCCCN1CCN(CCNC(=O)CC)CC1. The molecule has 20 heavy (non-hydrogen) atoms. The fraction of sp³-hybridized carbons (Fsp3) is 0.938. The fourth-order valence-corrected chi connectivity index (χ4v) is 2.65. The highest BCUT2D eigenvalue weighted by Gasteiger charge is 2.15. The molecule has 0 atom stereocenters. The van der Waals surface area contributed by atoms with Gasteiger partial charge in [0.2, 0.25) is 5.91 Å². The van der Waals surface area contributed by atoms with Crippen molar-refractivity contribution in [3.05, 3.63) is 0 Å². The Morgan fingerprint density at radius 2 is 1.50 bits per heavy atom. The summed E-state index contributed by atoms with van der Waals surface area (Å²) >= 11 is 0. The maximum Gasteiger partial charge on any atom is 0.219 e. The Bertz CT molecular complexity index is 250. The van der Waals surface area contributed by atoms with Crippen molar-refractivity contribution in [3.63, 3.8) is 0 Å². The van der Waals surface area contributed by atoms with Gasteiger partial charge in [-0.3, -0.25) is 9.69 Å². The Kier molecular flexibility index (Phi) is 9.67. The molecule has 1 rings (SSSR count). The van der Waals surface area contributed by atoms with Crippen LogP contribution in [0.4, 0.5) is 0 Å². The Balaban J connectivity index is 1.98. The van der Waals surface area contributed by atoms with Gasteiger partial charge in [0.15, 0.2) is 0 Å². The second-order valence-electron chi connectivity index (χ2n) is 5.80. The van der Waals surface area contributed by atoms with Crippen LogP contribution in [0.2, 0.25) is 0 Å². The quantitative estimate of drug-likeness (QED) is 0.624. The minimum atomic E-state index is 0.163. The van der Waals surface area contributed by atoms with Crippen LogP contribution in [-0.4, -0.2) is 61.5 Å². The van der Waals surface area contributed by atoms with Gasteiger partial charge in [-0.05, 0) is 13.0 Å². The molecule has 1 aliphatic heterocycles. The third-order valence-electron chi connectivity index (χ3n) is 4.11. The molecule has 0 saturated carbocycles. The van der Waals surface area contributed by atoms with Crippen LogP contribution in [0, 0.1) is 0 Å². The van der Waals surface area contributed by atoms with Crippen LogP contribution in [0.3, 0.4) is 0 Å². The van der Waals surface area contributed by atoms with Gasteiger partial charge in [-0.2, -0.15) is 0 Å². The lowest BCUT2D eigenvalue weighted by Crippen LogP contribution is -2.48. The number of carbonyl (C=O) groups is 1. The molecule has 0 radical (unpaired) electrons. The topological polar surface area (TPSA) is 35.6 Å². The monoisotopic (exact) mass is 283 g/mol. The van der Waals surface area contributed by atoms with Gasteiger partial charge < -0.3 is 10.2 Å². The van der Waals surface area contributed by atoms with E-state index in [0.29, 0.717) is 6.42 Å². The average Bonchev–Trinajstić information content (AvgIpc) is 2.48. The van der Waals surface area contributed by atoms with E-state index in [9.17, 15) is 4.79 Å². The normalized spacial score (nSPS) is 17.3. The van der Waals surface area contributed by atoms with Gasteiger partial charge in [0.25, 0.3) is 0 Å². The van der Waals surface area contributed by atoms with Gasteiger partial charge in [0, 0.05) is 45.7 Å². The summed E-state index contributed by atoms with van der Waals surface area (Å²) in [6, 6.07) is 0. The van der Waals surface area contributed by atoms with Gasteiger partial charge in [-0.15, -0.1) is 0 Å². The van der Waals surface area contributed by atoms with E-state index in [0.717, 1.165) is 26.2 Å². The van der Waals surface area contributed by atoms with Gasteiger partial charge in [-0.1, -0.05) is 39.5 Å². The molecule has 1 heterocycles. The van der Waals surface area contributed by atoms with Crippen molar-refractivity contribution in [1.82, 2.24) is 15.1 Å². The van der Waals surface area contributed by atoms with Crippen molar-refractivity contribution in [2.45, 2.75) is 52.4 Å². The molecule has 1 fully saturated rings. The molecular weight excluding hydrogens is 250 g/mol. The van der Waals surface area contributed by atoms with Crippen LogP contribution < -0.4 is 5.32 Å². The van der Waals surface area contributed by atoms with Gasteiger partial charge in [0.1, 0.15) is 0 Å². The molecule has 1 saturated heterocycles.